The van der Waals surface area contributed by atoms with Crippen LogP contribution in [0.3, 0.4) is 0 Å². The van der Waals surface area contributed by atoms with E-state index in [0.717, 1.165) is 50.1 Å². The van der Waals surface area contributed by atoms with Gasteiger partial charge in [-0.2, -0.15) is 0 Å². The van der Waals surface area contributed by atoms with Crippen LogP contribution in [-0.4, -0.2) is 30.4 Å². The highest BCUT2D eigenvalue weighted by molar-refractivity contribution is 6.35. The molecule has 0 saturated carbocycles. The minimum atomic E-state index is 0.0605. The first-order valence-electron chi connectivity index (χ1n) is 9.02. The molecule has 5 heteroatoms. The summed E-state index contributed by atoms with van der Waals surface area (Å²) in [6.07, 6.45) is 2.26. The number of rotatable bonds is 5. The lowest BCUT2D eigenvalue weighted by molar-refractivity contribution is -0.119. The molecule has 3 nitrogen and oxygen atoms in total. The van der Waals surface area contributed by atoms with Crippen LogP contribution in [0.5, 0.6) is 0 Å². The zero-order chi connectivity index (χ0) is 18.5. The molecule has 2 aromatic rings. The van der Waals surface area contributed by atoms with Crippen molar-refractivity contribution in [3.8, 4) is 11.1 Å². The van der Waals surface area contributed by atoms with Crippen molar-refractivity contribution in [1.82, 2.24) is 10.2 Å². The van der Waals surface area contributed by atoms with Crippen molar-refractivity contribution < 1.29 is 4.79 Å². The Kier molecular flexibility index (Phi) is 6.58. The van der Waals surface area contributed by atoms with Gasteiger partial charge in [0.15, 0.2) is 0 Å². The number of nitrogens with zero attached hydrogens (tertiary/aromatic N) is 1. The monoisotopic (exact) mass is 390 g/mol. The quantitative estimate of drug-likeness (QED) is 0.777. The van der Waals surface area contributed by atoms with Crippen LogP contribution in [-0.2, 0) is 11.3 Å². The van der Waals surface area contributed by atoms with Crippen LogP contribution in [0, 0.1) is 5.92 Å². The molecule has 0 aromatic heterocycles. The van der Waals surface area contributed by atoms with Gasteiger partial charge in [0.2, 0.25) is 5.91 Å². The fourth-order valence-corrected chi connectivity index (χ4v) is 3.99. The highest BCUT2D eigenvalue weighted by Crippen LogP contribution is 2.28. The molecule has 26 heavy (non-hydrogen) atoms. The van der Waals surface area contributed by atoms with E-state index >= 15 is 0 Å². The van der Waals surface area contributed by atoms with E-state index in [9.17, 15) is 4.79 Å². The van der Waals surface area contributed by atoms with E-state index in [-0.39, 0.29) is 5.91 Å². The summed E-state index contributed by atoms with van der Waals surface area (Å²) in [5.74, 6) is 0.653. The molecular formula is C21H24Cl2N2O. The van der Waals surface area contributed by atoms with Crippen molar-refractivity contribution in [3.05, 3.63) is 58.1 Å². The van der Waals surface area contributed by atoms with Gasteiger partial charge in [-0.15, -0.1) is 0 Å². The number of carbonyl (C=O) groups is 1. The molecule has 1 heterocycles. The molecule has 3 rings (SSSR count). The molecule has 0 aliphatic carbocycles. The third kappa shape index (κ3) is 5.47. The van der Waals surface area contributed by atoms with Gasteiger partial charge in [0, 0.05) is 30.1 Å². The van der Waals surface area contributed by atoms with Gasteiger partial charge in [-0.05, 0) is 72.8 Å². The lowest BCUT2D eigenvalue weighted by Gasteiger charge is -2.32. The van der Waals surface area contributed by atoms with Crippen LogP contribution in [0.25, 0.3) is 11.1 Å². The van der Waals surface area contributed by atoms with Gasteiger partial charge < -0.3 is 5.32 Å². The van der Waals surface area contributed by atoms with Gasteiger partial charge in [-0.25, -0.2) is 0 Å². The lowest BCUT2D eigenvalue weighted by Crippen LogP contribution is -2.37. The number of nitrogens with one attached hydrogen (secondary N) is 1. The van der Waals surface area contributed by atoms with Crippen LogP contribution in [0.15, 0.2) is 42.5 Å². The molecule has 0 spiro atoms. The number of hydrogen-bond acceptors (Lipinski definition) is 2. The molecule has 0 bridgehead atoms. The predicted molar refractivity (Wildman–Crippen MR) is 109 cm³/mol. The van der Waals surface area contributed by atoms with Gasteiger partial charge in [0.05, 0.1) is 0 Å². The first-order valence-corrected chi connectivity index (χ1v) is 9.77. The Morgan fingerprint density at radius 3 is 2.42 bits per heavy atom. The number of benzene rings is 2. The van der Waals surface area contributed by atoms with Crippen molar-refractivity contribution in [2.45, 2.75) is 26.3 Å². The molecule has 1 N–H and O–H groups in total. The largest absolute Gasteiger partial charge is 0.356 e. The van der Waals surface area contributed by atoms with Crippen molar-refractivity contribution >= 4 is 29.1 Å². The van der Waals surface area contributed by atoms with Gasteiger partial charge in [0.25, 0.3) is 0 Å². The second-order valence-corrected chi connectivity index (χ2v) is 7.89. The summed E-state index contributed by atoms with van der Waals surface area (Å²) >= 11 is 12.3. The fourth-order valence-electron chi connectivity index (χ4n) is 3.46. The second kappa shape index (κ2) is 8.90. The van der Waals surface area contributed by atoms with Gasteiger partial charge in [-0.1, -0.05) is 41.4 Å². The highest BCUT2D eigenvalue weighted by atomic mass is 35.5. The maximum atomic E-state index is 11.0. The highest BCUT2D eigenvalue weighted by Gasteiger charge is 2.19. The Labute approximate surface area is 165 Å². The molecular weight excluding hydrogens is 367 g/mol. The molecule has 1 amide bonds. The standard InChI is InChI=1S/C21H24Cl2N2O/c1-15(26)24-13-16-5-7-25(8-6-16)14-17-3-2-4-18(9-17)19-10-20(22)12-21(23)11-19/h2-4,9-12,16H,5-8,13-14H2,1H3,(H,24,26). The van der Waals surface area contributed by atoms with Crippen LogP contribution in [0.4, 0.5) is 0 Å². The van der Waals surface area contributed by atoms with Crippen LogP contribution in [0.1, 0.15) is 25.3 Å². The van der Waals surface area contributed by atoms with E-state index < -0.39 is 0 Å². The SMILES string of the molecule is CC(=O)NCC1CCN(Cc2cccc(-c3cc(Cl)cc(Cl)c3)c2)CC1. The first-order chi connectivity index (χ1) is 12.5. The molecule has 1 fully saturated rings. The van der Waals surface area contributed by atoms with Gasteiger partial charge >= 0.3 is 0 Å². The third-order valence-corrected chi connectivity index (χ3v) is 5.31. The number of halogens is 2. The number of likely N-dealkylation sites (tertiary alicyclic amines) is 1. The van der Waals surface area contributed by atoms with E-state index in [0.29, 0.717) is 16.0 Å². The number of piperidine rings is 1. The lowest BCUT2D eigenvalue weighted by atomic mass is 9.96. The molecule has 0 unspecified atom stereocenters. The maximum Gasteiger partial charge on any atom is 0.216 e. The minimum absolute atomic E-state index is 0.0605. The van der Waals surface area contributed by atoms with Gasteiger partial charge in [0.1, 0.15) is 0 Å². The molecule has 1 aliphatic rings. The first kappa shape index (κ1) is 19.2. The zero-order valence-electron chi connectivity index (χ0n) is 15.0. The normalized spacial score (nSPS) is 15.8. The van der Waals surface area contributed by atoms with E-state index in [2.05, 4.69) is 34.5 Å². The zero-order valence-corrected chi connectivity index (χ0v) is 16.5. The summed E-state index contributed by atoms with van der Waals surface area (Å²) in [4.78, 5) is 13.5. The van der Waals surface area contributed by atoms with Crippen molar-refractivity contribution in [1.29, 1.82) is 0 Å². The summed E-state index contributed by atoms with van der Waals surface area (Å²) in [5, 5.41) is 4.24. The number of hydrogen-bond donors (Lipinski definition) is 1. The van der Waals surface area contributed by atoms with Crippen molar-refractivity contribution in [2.24, 2.45) is 5.92 Å². The minimum Gasteiger partial charge on any atom is -0.356 e. The fraction of sp³-hybridized carbons (Fsp3) is 0.381. The second-order valence-electron chi connectivity index (χ2n) is 7.02. The van der Waals surface area contributed by atoms with Crippen LogP contribution >= 0.6 is 23.2 Å². The Bertz CT molecular complexity index is 750. The Morgan fingerprint density at radius 1 is 1.08 bits per heavy atom. The summed E-state index contributed by atoms with van der Waals surface area (Å²) in [5.41, 5.74) is 3.46. The molecule has 0 atom stereocenters. The predicted octanol–water partition coefficient (Wildman–Crippen LogP) is 5.01. The number of amides is 1. The van der Waals surface area contributed by atoms with Crippen molar-refractivity contribution in [3.63, 3.8) is 0 Å². The molecule has 1 saturated heterocycles. The van der Waals surface area contributed by atoms with E-state index in [1.807, 2.05) is 12.1 Å². The number of carbonyl (C=O) groups excluding carboxylic acids is 1. The topological polar surface area (TPSA) is 32.3 Å². The van der Waals surface area contributed by atoms with Gasteiger partial charge in [-0.3, -0.25) is 9.69 Å². The summed E-state index contributed by atoms with van der Waals surface area (Å²) in [6.45, 7) is 5.45. The third-order valence-electron chi connectivity index (χ3n) is 4.88. The van der Waals surface area contributed by atoms with E-state index in [1.165, 1.54) is 5.56 Å². The van der Waals surface area contributed by atoms with Crippen molar-refractivity contribution in [2.75, 3.05) is 19.6 Å². The van der Waals surface area contributed by atoms with E-state index in [4.69, 9.17) is 23.2 Å². The smallest absolute Gasteiger partial charge is 0.216 e. The molecule has 138 valence electrons. The van der Waals surface area contributed by atoms with Crippen LogP contribution in [0.2, 0.25) is 10.0 Å². The molecule has 1 aliphatic heterocycles. The average molecular weight is 391 g/mol. The average Bonchev–Trinajstić information content (AvgIpc) is 2.60. The summed E-state index contributed by atoms with van der Waals surface area (Å²) in [7, 11) is 0. The Morgan fingerprint density at radius 2 is 1.77 bits per heavy atom. The maximum absolute atomic E-state index is 11.0. The van der Waals surface area contributed by atoms with E-state index in [1.54, 1.807) is 13.0 Å². The summed E-state index contributed by atoms with van der Waals surface area (Å²) in [6, 6.07) is 14.2. The summed E-state index contributed by atoms with van der Waals surface area (Å²) < 4.78 is 0. The molecule has 2 aromatic carbocycles. The molecule has 0 radical (unpaired) electrons. The Balaban J connectivity index is 1.60. The van der Waals surface area contributed by atoms with Crippen LogP contribution < -0.4 is 5.32 Å². The Hall–Kier alpha value is -1.55.